The fourth-order valence-electron chi connectivity index (χ4n) is 2.20. The van der Waals surface area contributed by atoms with Gasteiger partial charge in [0.1, 0.15) is 0 Å². The number of ether oxygens (including phenoxy) is 1. The summed E-state index contributed by atoms with van der Waals surface area (Å²) in [4.78, 5) is 0. The predicted octanol–water partition coefficient (Wildman–Crippen LogP) is 3.11. The molecule has 0 bridgehead atoms. The summed E-state index contributed by atoms with van der Waals surface area (Å²) in [5.41, 5.74) is 1.92. The molecule has 0 aliphatic carbocycles. The van der Waals surface area contributed by atoms with E-state index in [4.69, 9.17) is 16.3 Å². The van der Waals surface area contributed by atoms with Gasteiger partial charge < -0.3 is 9.84 Å². The number of hydrogen-bond acceptors (Lipinski definition) is 2. The number of aliphatic hydroxyl groups excluding tert-OH is 1. The van der Waals surface area contributed by atoms with Crippen LogP contribution in [0, 0.1) is 12.8 Å². The van der Waals surface area contributed by atoms with Crippen LogP contribution < -0.4 is 0 Å². The second kappa shape index (κ2) is 4.74. The molecule has 0 radical (unpaired) electrons. The minimum absolute atomic E-state index is 0.120. The molecule has 3 atom stereocenters. The van der Waals surface area contributed by atoms with E-state index in [1.165, 1.54) is 0 Å². The van der Waals surface area contributed by atoms with Gasteiger partial charge in [-0.3, -0.25) is 0 Å². The number of benzene rings is 1. The highest BCUT2D eigenvalue weighted by atomic mass is 35.5. The summed E-state index contributed by atoms with van der Waals surface area (Å²) in [6.07, 6.45) is 0.555. The molecule has 0 amide bonds. The van der Waals surface area contributed by atoms with Crippen molar-refractivity contribution in [3.05, 3.63) is 34.3 Å². The van der Waals surface area contributed by atoms with Crippen molar-refractivity contribution in [2.75, 3.05) is 6.61 Å². The van der Waals surface area contributed by atoms with E-state index in [9.17, 15) is 5.11 Å². The largest absolute Gasteiger partial charge is 0.388 e. The van der Waals surface area contributed by atoms with Crippen LogP contribution in [0.4, 0.5) is 0 Å². The van der Waals surface area contributed by atoms with Crippen LogP contribution in [-0.4, -0.2) is 17.8 Å². The lowest BCUT2D eigenvalue weighted by molar-refractivity contribution is 0.0431. The van der Waals surface area contributed by atoms with Crippen LogP contribution in [-0.2, 0) is 4.74 Å². The van der Waals surface area contributed by atoms with Crippen molar-refractivity contribution >= 4 is 11.6 Å². The fraction of sp³-hybridized carbons (Fsp3) is 0.538. The third-order valence-electron chi connectivity index (χ3n) is 3.38. The Morgan fingerprint density at radius 1 is 1.50 bits per heavy atom. The van der Waals surface area contributed by atoms with Crippen LogP contribution in [0.25, 0.3) is 0 Å². The van der Waals surface area contributed by atoms with E-state index in [2.05, 4.69) is 0 Å². The number of rotatable bonds is 2. The highest BCUT2D eigenvalue weighted by Crippen LogP contribution is 2.34. The molecule has 1 fully saturated rings. The molecule has 1 aromatic rings. The molecule has 88 valence electrons. The van der Waals surface area contributed by atoms with Crippen molar-refractivity contribution in [2.24, 2.45) is 5.92 Å². The van der Waals surface area contributed by atoms with Crippen molar-refractivity contribution in [1.82, 2.24) is 0 Å². The van der Waals surface area contributed by atoms with Crippen LogP contribution in [0.3, 0.4) is 0 Å². The molecule has 1 aromatic carbocycles. The number of halogens is 1. The molecular weight excluding hydrogens is 224 g/mol. The summed E-state index contributed by atoms with van der Waals surface area (Å²) in [5.74, 6) is 0.179. The van der Waals surface area contributed by atoms with Crippen molar-refractivity contribution in [3.63, 3.8) is 0 Å². The Morgan fingerprint density at radius 3 is 2.81 bits per heavy atom. The molecular formula is C13H17ClO2. The van der Waals surface area contributed by atoms with E-state index in [1.807, 2.05) is 32.0 Å². The highest BCUT2D eigenvalue weighted by Gasteiger charge is 2.31. The summed E-state index contributed by atoms with van der Waals surface area (Å²) < 4.78 is 5.47. The molecule has 3 heteroatoms. The SMILES string of the molecule is Cc1ccc(C(O)C2CCOC2C)cc1Cl. The number of hydrogen-bond donors (Lipinski definition) is 1. The maximum atomic E-state index is 10.3. The summed E-state index contributed by atoms with van der Waals surface area (Å²) in [7, 11) is 0. The van der Waals surface area contributed by atoms with Gasteiger partial charge in [-0.25, -0.2) is 0 Å². The average molecular weight is 241 g/mol. The second-order valence-corrected chi connectivity index (χ2v) is 4.89. The molecule has 3 unspecified atom stereocenters. The van der Waals surface area contributed by atoms with Crippen molar-refractivity contribution in [3.8, 4) is 0 Å². The molecule has 0 saturated carbocycles. The van der Waals surface area contributed by atoms with Crippen molar-refractivity contribution in [1.29, 1.82) is 0 Å². The van der Waals surface area contributed by atoms with Gasteiger partial charge in [0.05, 0.1) is 12.2 Å². The maximum Gasteiger partial charge on any atom is 0.0844 e. The second-order valence-electron chi connectivity index (χ2n) is 4.48. The average Bonchev–Trinajstić information content (AvgIpc) is 2.67. The fourth-order valence-corrected chi connectivity index (χ4v) is 2.39. The minimum atomic E-state index is -0.476. The molecule has 0 spiro atoms. The van der Waals surface area contributed by atoms with E-state index < -0.39 is 6.10 Å². The molecule has 2 nitrogen and oxygen atoms in total. The van der Waals surface area contributed by atoms with Crippen molar-refractivity contribution < 1.29 is 9.84 Å². The maximum absolute atomic E-state index is 10.3. The standard InChI is InChI=1S/C13H17ClO2/c1-8-3-4-10(7-12(8)14)13(15)11-5-6-16-9(11)2/h3-4,7,9,11,13,15H,5-6H2,1-2H3. The zero-order valence-corrected chi connectivity index (χ0v) is 10.4. The number of aryl methyl sites for hydroxylation is 1. The van der Waals surface area contributed by atoms with E-state index in [0.717, 1.165) is 24.2 Å². The Labute approximate surface area is 101 Å². The van der Waals surface area contributed by atoms with E-state index in [0.29, 0.717) is 5.02 Å². The van der Waals surface area contributed by atoms with Gasteiger partial charge in [0.25, 0.3) is 0 Å². The Morgan fingerprint density at radius 2 is 2.25 bits per heavy atom. The van der Waals surface area contributed by atoms with Crippen LogP contribution in [0.5, 0.6) is 0 Å². The predicted molar refractivity (Wildman–Crippen MR) is 64.7 cm³/mol. The third-order valence-corrected chi connectivity index (χ3v) is 3.79. The summed E-state index contributed by atoms with van der Waals surface area (Å²) >= 11 is 6.06. The lowest BCUT2D eigenvalue weighted by Crippen LogP contribution is -2.19. The van der Waals surface area contributed by atoms with Crippen LogP contribution in [0.1, 0.15) is 30.6 Å². The lowest BCUT2D eigenvalue weighted by Gasteiger charge is -2.21. The van der Waals surface area contributed by atoms with Gasteiger partial charge in [-0.2, -0.15) is 0 Å². The topological polar surface area (TPSA) is 29.5 Å². The Hall–Kier alpha value is -0.570. The third kappa shape index (κ3) is 2.24. The zero-order valence-electron chi connectivity index (χ0n) is 9.61. The van der Waals surface area contributed by atoms with Gasteiger partial charge in [0.2, 0.25) is 0 Å². The quantitative estimate of drug-likeness (QED) is 0.861. The molecule has 16 heavy (non-hydrogen) atoms. The lowest BCUT2D eigenvalue weighted by atomic mass is 9.90. The van der Waals surface area contributed by atoms with Gasteiger partial charge in [0, 0.05) is 17.5 Å². The molecule has 1 N–H and O–H groups in total. The zero-order chi connectivity index (χ0) is 11.7. The Balaban J connectivity index is 2.20. The monoisotopic (exact) mass is 240 g/mol. The molecule has 0 aromatic heterocycles. The van der Waals surface area contributed by atoms with Crippen LogP contribution in [0.2, 0.25) is 5.02 Å². The Kier molecular flexibility index (Phi) is 3.53. The van der Waals surface area contributed by atoms with Crippen LogP contribution in [0.15, 0.2) is 18.2 Å². The van der Waals surface area contributed by atoms with Gasteiger partial charge in [-0.1, -0.05) is 23.7 Å². The first kappa shape index (κ1) is 11.9. The normalized spacial score (nSPS) is 27.0. The summed E-state index contributed by atoms with van der Waals surface area (Å²) in [6, 6.07) is 5.74. The summed E-state index contributed by atoms with van der Waals surface area (Å²) in [5, 5.41) is 11.0. The smallest absolute Gasteiger partial charge is 0.0844 e. The summed E-state index contributed by atoms with van der Waals surface area (Å²) in [6.45, 7) is 4.71. The molecule has 2 rings (SSSR count). The van der Waals surface area contributed by atoms with Gasteiger partial charge in [-0.05, 0) is 37.5 Å². The van der Waals surface area contributed by atoms with Crippen molar-refractivity contribution in [2.45, 2.75) is 32.5 Å². The highest BCUT2D eigenvalue weighted by molar-refractivity contribution is 6.31. The molecule has 1 aliphatic heterocycles. The molecule has 1 heterocycles. The van der Waals surface area contributed by atoms with Crippen LogP contribution >= 0.6 is 11.6 Å². The van der Waals surface area contributed by atoms with E-state index in [1.54, 1.807) is 0 Å². The Bertz CT molecular complexity index is 378. The van der Waals surface area contributed by atoms with Gasteiger partial charge in [-0.15, -0.1) is 0 Å². The molecule has 1 aliphatic rings. The first-order valence-electron chi connectivity index (χ1n) is 5.65. The molecule has 1 saturated heterocycles. The van der Waals surface area contributed by atoms with Gasteiger partial charge in [0.15, 0.2) is 0 Å². The first-order chi connectivity index (χ1) is 7.59. The first-order valence-corrected chi connectivity index (χ1v) is 6.03. The van der Waals surface area contributed by atoms with Gasteiger partial charge >= 0.3 is 0 Å². The van der Waals surface area contributed by atoms with E-state index >= 15 is 0 Å². The minimum Gasteiger partial charge on any atom is -0.388 e. The van der Waals surface area contributed by atoms with E-state index in [-0.39, 0.29) is 12.0 Å². The number of aliphatic hydroxyl groups is 1.